The molecule has 1 fully saturated rings. The molecule has 2 amide bonds. The first-order chi connectivity index (χ1) is 15.3. The summed E-state index contributed by atoms with van der Waals surface area (Å²) in [6.07, 6.45) is 2.05. The molecule has 2 heterocycles. The van der Waals surface area contributed by atoms with Crippen LogP contribution in [0.25, 0.3) is 0 Å². The number of halogens is 3. The van der Waals surface area contributed by atoms with E-state index in [0.29, 0.717) is 21.1 Å². The Morgan fingerprint density at radius 2 is 1.78 bits per heavy atom. The van der Waals surface area contributed by atoms with Gasteiger partial charge in [-0.25, -0.2) is 8.78 Å². The Hall–Kier alpha value is -2.97. The average Bonchev–Trinajstić information content (AvgIpc) is 3.39. The molecule has 0 bridgehead atoms. The van der Waals surface area contributed by atoms with Gasteiger partial charge in [-0.1, -0.05) is 17.7 Å². The third kappa shape index (κ3) is 4.61. The summed E-state index contributed by atoms with van der Waals surface area (Å²) in [5, 5.41) is 5.79. The van der Waals surface area contributed by atoms with E-state index in [1.165, 1.54) is 12.1 Å². The van der Waals surface area contributed by atoms with E-state index in [2.05, 4.69) is 15.5 Å². The van der Waals surface area contributed by atoms with E-state index in [-0.39, 0.29) is 16.3 Å². The largest absolute Gasteiger partial charge is 0.370 e. The molecule has 0 radical (unpaired) electrons. The Morgan fingerprint density at radius 3 is 2.50 bits per heavy atom. The molecule has 1 saturated heterocycles. The van der Waals surface area contributed by atoms with Gasteiger partial charge in [-0.3, -0.25) is 9.59 Å². The minimum atomic E-state index is -0.543. The van der Waals surface area contributed by atoms with Gasteiger partial charge in [0.25, 0.3) is 11.8 Å². The third-order valence-electron chi connectivity index (χ3n) is 5.21. The monoisotopic (exact) mass is 475 g/mol. The molecule has 0 aliphatic carbocycles. The maximum Gasteiger partial charge on any atom is 0.266 e. The number of nitrogens with zero attached hydrogens (tertiary/aromatic N) is 1. The number of nitrogens with one attached hydrogen (secondary N) is 2. The summed E-state index contributed by atoms with van der Waals surface area (Å²) >= 11 is 7.02. The second-order valence-electron chi connectivity index (χ2n) is 7.48. The molecule has 32 heavy (non-hydrogen) atoms. The quantitative estimate of drug-likeness (QED) is 0.469. The topological polar surface area (TPSA) is 61.4 Å². The number of hydrogen-bond acceptors (Lipinski definition) is 4. The predicted octanol–water partition coefficient (Wildman–Crippen LogP) is 6.09. The first-order valence-corrected chi connectivity index (χ1v) is 11.2. The number of rotatable bonds is 5. The van der Waals surface area contributed by atoms with Crippen LogP contribution in [0.5, 0.6) is 0 Å². The van der Waals surface area contributed by atoms with Crippen molar-refractivity contribution in [1.82, 2.24) is 0 Å². The Balaban J connectivity index is 1.53. The van der Waals surface area contributed by atoms with Crippen molar-refractivity contribution in [1.29, 1.82) is 0 Å². The standard InChI is InChI=1S/C23H20ClF2N3O2S/c1-13-11-19(27-22(30)15-8-7-14(25)12-16(15)24)32-21(13)23(31)28-20-17(26)5-4-6-18(20)29-9-2-3-10-29/h4-8,11-12H,2-3,9-10H2,1H3,(H,27,30)(H,28,31). The Morgan fingerprint density at radius 1 is 1.03 bits per heavy atom. The highest BCUT2D eigenvalue weighted by Gasteiger charge is 2.22. The van der Waals surface area contributed by atoms with E-state index in [1.807, 2.05) is 0 Å². The molecule has 0 spiro atoms. The van der Waals surface area contributed by atoms with E-state index in [4.69, 9.17) is 11.6 Å². The molecular formula is C23H20ClF2N3O2S. The van der Waals surface area contributed by atoms with Crippen LogP contribution in [-0.2, 0) is 0 Å². The first-order valence-electron chi connectivity index (χ1n) is 10.0. The third-order valence-corrected chi connectivity index (χ3v) is 6.68. The van der Waals surface area contributed by atoms with E-state index in [9.17, 15) is 18.4 Å². The second kappa shape index (κ2) is 9.26. The van der Waals surface area contributed by atoms with Gasteiger partial charge in [-0.05, 0) is 61.7 Å². The summed E-state index contributed by atoms with van der Waals surface area (Å²) in [5.74, 6) is -2.03. The normalized spacial score (nSPS) is 13.3. The Bertz CT molecular complexity index is 1190. The number of carbonyl (C=O) groups excluding carboxylic acids is 2. The molecule has 9 heteroatoms. The number of thiophene rings is 1. The van der Waals surface area contributed by atoms with Crippen LogP contribution in [-0.4, -0.2) is 24.9 Å². The fourth-order valence-electron chi connectivity index (χ4n) is 3.65. The number of para-hydroxylation sites is 1. The summed E-state index contributed by atoms with van der Waals surface area (Å²) in [4.78, 5) is 27.9. The van der Waals surface area contributed by atoms with Gasteiger partial charge in [0, 0.05) is 13.1 Å². The van der Waals surface area contributed by atoms with Crippen LogP contribution in [0, 0.1) is 18.6 Å². The maximum absolute atomic E-state index is 14.6. The lowest BCUT2D eigenvalue weighted by Crippen LogP contribution is -2.21. The summed E-state index contributed by atoms with van der Waals surface area (Å²) in [5.41, 5.74) is 1.55. The average molecular weight is 476 g/mol. The SMILES string of the molecule is Cc1cc(NC(=O)c2ccc(F)cc2Cl)sc1C(=O)Nc1c(F)cccc1N1CCCC1. The smallest absolute Gasteiger partial charge is 0.266 e. The van der Waals surface area contributed by atoms with Crippen LogP contribution in [0.15, 0.2) is 42.5 Å². The van der Waals surface area contributed by atoms with E-state index in [1.54, 1.807) is 25.1 Å². The fraction of sp³-hybridized carbons (Fsp3) is 0.217. The number of anilines is 3. The molecule has 5 nitrogen and oxygen atoms in total. The van der Waals surface area contributed by atoms with E-state index >= 15 is 0 Å². The summed E-state index contributed by atoms with van der Waals surface area (Å²) < 4.78 is 27.8. The maximum atomic E-state index is 14.6. The zero-order valence-corrected chi connectivity index (χ0v) is 18.7. The van der Waals surface area contributed by atoms with Crippen LogP contribution < -0.4 is 15.5 Å². The van der Waals surface area contributed by atoms with Crippen molar-refractivity contribution in [2.24, 2.45) is 0 Å². The minimum absolute atomic E-state index is 0.0114. The number of benzene rings is 2. The Kier molecular flexibility index (Phi) is 6.43. The summed E-state index contributed by atoms with van der Waals surface area (Å²) in [6.45, 7) is 3.35. The van der Waals surface area contributed by atoms with Crippen LogP contribution in [0.4, 0.5) is 25.2 Å². The number of carbonyl (C=O) groups is 2. The van der Waals surface area contributed by atoms with Crippen molar-refractivity contribution in [3.8, 4) is 0 Å². The van der Waals surface area contributed by atoms with Gasteiger partial charge in [0.05, 0.1) is 26.2 Å². The van der Waals surface area contributed by atoms with Gasteiger partial charge in [0.1, 0.15) is 17.3 Å². The lowest BCUT2D eigenvalue weighted by molar-refractivity contribution is 0.102. The van der Waals surface area contributed by atoms with Crippen LogP contribution in [0.1, 0.15) is 38.4 Å². The van der Waals surface area contributed by atoms with Crippen LogP contribution in [0.3, 0.4) is 0 Å². The van der Waals surface area contributed by atoms with Crippen molar-refractivity contribution in [3.63, 3.8) is 0 Å². The van der Waals surface area contributed by atoms with Gasteiger partial charge in [0.2, 0.25) is 0 Å². The van der Waals surface area contributed by atoms with Crippen molar-refractivity contribution < 1.29 is 18.4 Å². The minimum Gasteiger partial charge on any atom is -0.370 e. The lowest BCUT2D eigenvalue weighted by atomic mass is 10.2. The van der Waals surface area contributed by atoms with Crippen molar-refractivity contribution in [2.45, 2.75) is 19.8 Å². The molecule has 0 unspecified atom stereocenters. The van der Waals surface area contributed by atoms with Crippen molar-refractivity contribution in [2.75, 3.05) is 28.6 Å². The van der Waals surface area contributed by atoms with Gasteiger partial charge in [0.15, 0.2) is 0 Å². The van der Waals surface area contributed by atoms with Crippen molar-refractivity contribution >= 4 is 51.1 Å². The number of amides is 2. The second-order valence-corrected chi connectivity index (χ2v) is 8.94. The zero-order valence-electron chi connectivity index (χ0n) is 17.2. The molecule has 166 valence electrons. The highest BCUT2D eigenvalue weighted by molar-refractivity contribution is 7.18. The first kappa shape index (κ1) is 22.2. The molecule has 0 atom stereocenters. The van der Waals surface area contributed by atoms with Gasteiger partial charge in [-0.15, -0.1) is 11.3 Å². The van der Waals surface area contributed by atoms with Crippen LogP contribution in [0.2, 0.25) is 5.02 Å². The van der Waals surface area contributed by atoms with Gasteiger partial charge < -0.3 is 15.5 Å². The molecule has 1 aliphatic heterocycles. The molecule has 3 aromatic rings. The van der Waals surface area contributed by atoms with Crippen LogP contribution >= 0.6 is 22.9 Å². The van der Waals surface area contributed by atoms with Gasteiger partial charge in [-0.2, -0.15) is 0 Å². The molecule has 2 N–H and O–H groups in total. The predicted molar refractivity (Wildman–Crippen MR) is 124 cm³/mol. The zero-order chi connectivity index (χ0) is 22.8. The molecule has 2 aromatic carbocycles. The number of hydrogen-bond donors (Lipinski definition) is 2. The highest BCUT2D eigenvalue weighted by Crippen LogP contribution is 2.33. The van der Waals surface area contributed by atoms with Crippen molar-refractivity contribution in [3.05, 3.63) is 75.1 Å². The number of aryl methyl sites for hydroxylation is 1. The molecular weight excluding hydrogens is 456 g/mol. The summed E-state index contributed by atoms with van der Waals surface area (Å²) in [6, 6.07) is 9.88. The molecule has 1 aromatic heterocycles. The van der Waals surface area contributed by atoms with E-state index in [0.717, 1.165) is 49.4 Å². The molecule has 4 rings (SSSR count). The Labute approximate surface area is 193 Å². The fourth-order valence-corrected chi connectivity index (χ4v) is 4.87. The molecule has 1 aliphatic rings. The van der Waals surface area contributed by atoms with E-state index < -0.39 is 23.4 Å². The lowest BCUT2D eigenvalue weighted by Gasteiger charge is -2.21. The summed E-state index contributed by atoms with van der Waals surface area (Å²) in [7, 11) is 0. The molecule has 0 saturated carbocycles. The van der Waals surface area contributed by atoms with Gasteiger partial charge >= 0.3 is 0 Å². The highest BCUT2D eigenvalue weighted by atomic mass is 35.5.